The predicted molar refractivity (Wildman–Crippen MR) is 95.2 cm³/mol. The first-order valence-electron chi connectivity index (χ1n) is 9.20. The summed E-state index contributed by atoms with van der Waals surface area (Å²) in [6, 6.07) is 0.608. The number of piperidine rings is 1. The number of alkyl carbamates (subject to hydrolysis) is 1. The molecule has 0 aromatic rings. The lowest BCUT2D eigenvalue weighted by atomic mass is 9.76. The Hall–Kier alpha value is -0.850. The molecule has 1 saturated heterocycles. The normalized spacial score (nSPS) is 32.8. The summed E-state index contributed by atoms with van der Waals surface area (Å²) in [5.74, 6) is 0. The molecule has 1 heterocycles. The highest BCUT2D eigenvalue weighted by Crippen LogP contribution is 2.31. The summed E-state index contributed by atoms with van der Waals surface area (Å²) in [6.07, 6.45) is 1.72. The van der Waals surface area contributed by atoms with Crippen molar-refractivity contribution in [3.63, 3.8) is 0 Å². The van der Waals surface area contributed by atoms with Crippen LogP contribution in [0.5, 0.6) is 0 Å². The number of hydrogen-bond donors (Lipinski definition) is 3. The molecule has 0 spiro atoms. The molecule has 4 unspecified atom stereocenters. The fourth-order valence-corrected chi connectivity index (χ4v) is 3.54. The largest absolute Gasteiger partial charge is 0.444 e. The number of ether oxygens (including phenoxy) is 2. The van der Waals surface area contributed by atoms with Crippen molar-refractivity contribution in [2.24, 2.45) is 5.41 Å². The van der Waals surface area contributed by atoms with Crippen LogP contribution >= 0.6 is 0 Å². The average molecular weight is 341 g/mol. The average Bonchev–Trinajstić information content (AvgIpc) is 2.42. The van der Waals surface area contributed by atoms with Gasteiger partial charge in [0, 0.05) is 19.2 Å². The molecule has 2 fully saturated rings. The summed E-state index contributed by atoms with van der Waals surface area (Å²) in [4.78, 5) is 12.1. The van der Waals surface area contributed by atoms with Crippen molar-refractivity contribution < 1.29 is 14.3 Å². The molecular formula is C18H35N3O3. The lowest BCUT2D eigenvalue weighted by molar-refractivity contribution is -0.0528. The molecule has 1 aliphatic heterocycles. The van der Waals surface area contributed by atoms with E-state index in [1.165, 1.54) is 0 Å². The maximum Gasteiger partial charge on any atom is 0.407 e. The van der Waals surface area contributed by atoms with E-state index in [4.69, 9.17) is 9.47 Å². The number of carbonyl (C=O) groups excluding carboxylic acids is 1. The van der Waals surface area contributed by atoms with Gasteiger partial charge in [-0.15, -0.1) is 0 Å². The van der Waals surface area contributed by atoms with Gasteiger partial charge in [0.1, 0.15) is 5.60 Å². The third-order valence-corrected chi connectivity index (χ3v) is 4.93. The van der Waals surface area contributed by atoms with Crippen LogP contribution in [0, 0.1) is 5.41 Å². The molecule has 1 amide bonds. The first-order chi connectivity index (χ1) is 11.1. The standard InChI is InChI=1S/C18H35N3O3/c1-7-23-13-10-12(20-16(22)24-17(2,3)4)15(13)21-14-8-9-19-11-18(14,5)6/h12-15,19,21H,7-11H2,1-6H3,(H,20,22). The fourth-order valence-electron chi connectivity index (χ4n) is 3.54. The molecule has 0 aromatic carbocycles. The highest BCUT2D eigenvalue weighted by molar-refractivity contribution is 5.68. The Balaban J connectivity index is 1.95. The Labute approximate surface area is 146 Å². The van der Waals surface area contributed by atoms with Crippen LogP contribution in [0.4, 0.5) is 4.79 Å². The van der Waals surface area contributed by atoms with E-state index in [0.717, 1.165) is 25.9 Å². The highest BCUT2D eigenvalue weighted by Gasteiger charge is 2.46. The van der Waals surface area contributed by atoms with E-state index in [1.54, 1.807) is 0 Å². The van der Waals surface area contributed by atoms with Gasteiger partial charge in [0.15, 0.2) is 0 Å². The van der Waals surface area contributed by atoms with Gasteiger partial charge < -0.3 is 25.4 Å². The maximum absolute atomic E-state index is 12.1. The Kier molecular flexibility index (Phi) is 6.15. The summed E-state index contributed by atoms with van der Waals surface area (Å²) < 4.78 is 11.2. The Morgan fingerprint density at radius 1 is 1.33 bits per heavy atom. The maximum atomic E-state index is 12.1. The van der Waals surface area contributed by atoms with Crippen LogP contribution in [0.15, 0.2) is 0 Å². The predicted octanol–water partition coefficient (Wildman–Crippen LogP) is 2.03. The summed E-state index contributed by atoms with van der Waals surface area (Å²) >= 11 is 0. The van der Waals surface area contributed by atoms with Crippen LogP contribution in [-0.2, 0) is 9.47 Å². The monoisotopic (exact) mass is 341 g/mol. The molecule has 1 saturated carbocycles. The lowest BCUT2D eigenvalue weighted by Crippen LogP contribution is -2.70. The van der Waals surface area contributed by atoms with Gasteiger partial charge in [0.05, 0.1) is 18.2 Å². The Morgan fingerprint density at radius 2 is 2.04 bits per heavy atom. The van der Waals surface area contributed by atoms with E-state index >= 15 is 0 Å². The molecule has 4 atom stereocenters. The van der Waals surface area contributed by atoms with Gasteiger partial charge in [-0.25, -0.2) is 4.79 Å². The van der Waals surface area contributed by atoms with Crippen molar-refractivity contribution in [1.82, 2.24) is 16.0 Å². The second-order valence-corrected chi connectivity index (χ2v) is 8.68. The van der Waals surface area contributed by atoms with Crippen molar-refractivity contribution >= 4 is 6.09 Å². The molecule has 0 bridgehead atoms. The van der Waals surface area contributed by atoms with Gasteiger partial charge in [-0.2, -0.15) is 0 Å². The number of nitrogens with one attached hydrogen (secondary N) is 3. The number of carbonyl (C=O) groups is 1. The topological polar surface area (TPSA) is 71.6 Å². The third-order valence-electron chi connectivity index (χ3n) is 4.93. The number of hydrogen-bond acceptors (Lipinski definition) is 5. The smallest absolute Gasteiger partial charge is 0.407 e. The first kappa shape index (κ1) is 19.5. The third kappa shape index (κ3) is 5.07. The van der Waals surface area contributed by atoms with Crippen LogP contribution in [-0.4, -0.2) is 55.6 Å². The van der Waals surface area contributed by atoms with E-state index in [-0.39, 0.29) is 29.7 Å². The van der Waals surface area contributed by atoms with E-state index in [2.05, 4.69) is 29.8 Å². The summed E-state index contributed by atoms with van der Waals surface area (Å²) in [6.45, 7) is 14.9. The summed E-state index contributed by atoms with van der Waals surface area (Å²) in [5, 5.41) is 10.2. The molecule has 2 rings (SSSR count). The molecule has 140 valence electrons. The minimum atomic E-state index is -0.479. The second-order valence-electron chi connectivity index (χ2n) is 8.68. The molecule has 0 radical (unpaired) electrons. The second kappa shape index (κ2) is 7.58. The van der Waals surface area contributed by atoms with Gasteiger partial charge in [-0.1, -0.05) is 13.8 Å². The van der Waals surface area contributed by atoms with Crippen LogP contribution in [0.25, 0.3) is 0 Å². The van der Waals surface area contributed by atoms with Crippen LogP contribution in [0.2, 0.25) is 0 Å². The highest BCUT2D eigenvalue weighted by atomic mass is 16.6. The van der Waals surface area contributed by atoms with Gasteiger partial charge in [-0.3, -0.25) is 0 Å². The molecule has 1 aliphatic carbocycles. The zero-order chi connectivity index (χ0) is 18.0. The van der Waals surface area contributed by atoms with Crippen molar-refractivity contribution in [3.05, 3.63) is 0 Å². The Morgan fingerprint density at radius 3 is 2.62 bits per heavy atom. The van der Waals surface area contributed by atoms with Crippen molar-refractivity contribution in [2.75, 3.05) is 19.7 Å². The summed E-state index contributed by atoms with van der Waals surface area (Å²) in [7, 11) is 0. The molecule has 6 nitrogen and oxygen atoms in total. The van der Waals surface area contributed by atoms with Crippen LogP contribution in [0.1, 0.15) is 54.4 Å². The molecule has 6 heteroatoms. The van der Waals surface area contributed by atoms with Gasteiger partial charge in [0.25, 0.3) is 0 Å². The fraction of sp³-hybridized carbons (Fsp3) is 0.944. The molecule has 2 aliphatic rings. The van der Waals surface area contributed by atoms with E-state index < -0.39 is 5.60 Å². The summed E-state index contributed by atoms with van der Waals surface area (Å²) in [5.41, 5.74) is -0.297. The molecule has 24 heavy (non-hydrogen) atoms. The van der Waals surface area contributed by atoms with Crippen molar-refractivity contribution in [1.29, 1.82) is 0 Å². The quantitative estimate of drug-likeness (QED) is 0.714. The van der Waals surface area contributed by atoms with Gasteiger partial charge in [0.2, 0.25) is 0 Å². The molecule has 0 aromatic heterocycles. The van der Waals surface area contributed by atoms with Crippen LogP contribution < -0.4 is 16.0 Å². The minimum Gasteiger partial charge on any atom is -0.444 e. The van der Waals surface area contributed by atoms with Crippen molar-refractivity contribution in [2.45, 2.75) is 84.2 Å². The van der Waals surface area contributed by atoms with Gasteiger partial charge in [-0.05, 0) is 52.5 Å². The van der Waals surface area contributed by atoms with Gasteiger partial charge >= 0.3 is 6.09 Å². The molecular weight excluding hydrogens is 306 g/mol. The van der Waals surface area contributed by atoms with Crippen LogP contribution in [0.3, 0.4) is 0 Å². The van der Waals surface area contributed by atoms with E-state index in [9.17, 15) is 4.79 Å². The Bertz CT molecular complexity index is 434. The number of rotatable bonds is 5. The number of amides is 1. The SMILES string of the molecule is CCOC1CC(NC(=O)OC(C)(C)C)C1NC1CCNCC1(C)C. The van der Waals surface area contributed by atoms with E-state index in [1.807, 2.05) is 27.7 Å². The first-order valence-corrected chi connectivity index (χ1v) is 9.20. The molecule has 3 N–H and O–H groups in total. The minimum absolute atomic E-state index is 0.0575. The van der Waals surface area contributed by atoms with Crippen molar-refractivity contribution in [3.8, 4) is 0 Å². The zero-order valence-corrected chi connectivity index (χ0v) is 16.1. The van der Waals surface area contributed by atoms with E-state index in [0.29, 0.717) is 12.6 Å². The zero-order valence-electron chi connectivity index (χ0n) is 16.1. The lowest BCUT2D eigenvalue weighted by Gasteiger charge is -2.50.